The minimum Gasteiger partial charge on any atom is -0.397 e. The highest BCUT2D eigenvalue weighted by molar-refractivity contribution is 9.10. The normalized spacial score (nSPS) is 10.6. The molecule has 0 amide bonds. The van der Waals surface area contributed by atoms with Gasteiger partial charge in [-0.2, -0.15) is 5.10 Å². The largest absolute Gasteiger partial charge is 0.397 e. The van der Waals surface area contributed by atoms with Gasteiger partial charge in [-0.25, -0.2) is 4.98 Å². The minimum atomic E-state index is 0.698. The molecule has 2 aromatic heterocycles. The van der Waals surface area contributed by atoms with E-state index in [1.807, 2.05) is 23.9 Å². The molecule has 5 nitrogen and oxygen atoms in total. The van der Waals surface area contributed by atoms with Gasteiger partial charge < -0.3 is 11.1 Å². The van der Waals surface area contributed by atoms with Crippen molar-refractivity contribution in [1.82, 2.24) is 14.8 Å². The molecule has 2 heterocycles. The van der Waals surface area contributed by atoms with Gasteiger partial charge in [0.15, 0.2) is 0 Å². The molecule has 2 rings (SSSR count). The number of nitrogens with one attached hydrogen (secondary N) is 1. The van der Waals surface area contributed by atoms with Crippen molar-refractivity contribution >= 4 is 27.4 Å². The Kier molecular flexibility index (Phi) is 4.19. The van der Waals surface area contributed by atoms with Crippen LogP contribution in [-0.4, -0.2) is 21.3 Å². The summed E-state index contributed by atoms with van der Waals surface area (Å²) < 4.78 is 2.85. The average Bonchev–Trinajstić information content (AvgIpc) is 2.87. The molecule has 0 spiro atoms. The van der Waals surface area contributed by atoms with Crippen molar-refractivity contribution in [3.05, 3.63) is 34.7 Å². The second-order valence-electron chi connectivity index (χ2n) is 4.05. The van der Waals surface area contributed by atoms with E-state index >= 15 is 0 Å². The van der Waals surface area contributed by atoms with Crippen LogP contribution in [-0.2, 0) is 6.54 Å². The standard InChI is InChI=1S/C12H16BrN5/c1-9-10(14)8-16-12(11(9)13)15-4-2-6-18-7-3-5-17-18/h3,5,7-8H,2,4,6,14H2,1H3,(H,15,16). The van der Waals surface area contributed by atoms with Crippen molar-refractivity contribution in [2.24, 2.45) is 0 Å². The molecule has 0 radical (unpaired) electrons. The molecule has 3 N–H and O–H groups in total. The Hall–Kier alpha value is -1.56. The Morgan fingerprint density at radius 1 is 1.50 bits per heavy atom. The summed E-state index contributed by atoms with van der Waals surface area (Å²) in [6.45, 7) is 3.70. The summed E-state index contributed by atoms with van der Waals surface area (Å²) in [5.74, 6) is 0.835. The quantitative estimate of drug-likeness (QED) is 0.832. The van der Waals surface area contributed by atoms with Crippen LogP contribution in [0.1, 0.15) is 12.0 Å². The molecule has 6 heteroatoms. The van der Waals surface area contributed by atoms with Gasteiger partial charge in [-0.15, -0.1) is 0 Å². The van der Waals surface area contributed by atoms with Crippen LogP contribution < -0.4 is 11.1 Å². The highest BCUT2D eigenvalue weighted by Gasteiger charge is 2.06. The lowest BCUT2D eigenvalue weighted by Crippen LogP contribution is -2.09. The molecular weight excluding hydrogens is 294 g/mol. The predicted octanol–water partition coefficient (Wildman–Crippen LogP) is 2.43. The van der Waals surface area contributed by atoms with Crippen molar-refractivity contribution < 1.29 is 0 Å². The maximum atomic E-state index is 5.78. The van der Waals surface area contributed by atoms with E-state index in [4.69, 9.17) is 5.73 Å². The van der Waals surface area contributed by atoms with Crippen LogP contribution in [0.2, 0.25) is 0 Å². The first-order chi connectivity index (χ1) is 8.68. The molecule has 0 saturated heterocycles. The van der Waals surface area contributed by atoms with Crippen LogP contribution in [0.25, 0.3) is 0 Å². The number of nitrogen functional groups attached to an aromatic ring is 1. The van der Waals surface area contributed by atoms with E-state index in [1.54, 1.807) is 12.4 Å². The summed E-state index contributed by atoms with van der Waals surface area (Å²) in [5, 5.41) is 7.44. The van der Waals surface area contributed by atoms with Crippen LogP contribution in [0, 0.1) is 6.92 Å². The monoisotopic (exact) mass is 309 g/mol. The zero-order chi connectivity index (χ0) is 13.0. The van der Waals surface area contributed by atoms with Gasteiger partial charge >= 0.3 is 0 Å². The lowest BCUT2D eigenvalue weighted by atomic mass is 10.2. The Morgan fingerprint density at radius 3 is 3.06 bits per heavy atom. The Labute approximate surface area is 115 Å². The highest BCUT2D eigenvalue weighted by atomic mass is 79.9. The van der Waals surface area contributed by atoms with Gasteiger partial charge in [-0.3, -0.25) is 4.68 Å². The number of rotatable bonds is 5. The van der Waals surface area contributed by atoms with Crippen LogP contribution in [0.15, 0.2) is 29.1 Å². The third-order valence-corrected chi connectivity index (χ3v) is 3.69. The highest BCUT2D eigenvalue weighted by Crippen LogP contribution is 2.27. The molecule has 0 aliphatic carbocycles. The molecular formula is C12H16BrN5. The number of nitrogens with zero attached hydrogens (tertiary/aromatic N) is 3. The molecule has 0 bridgehead atoms. The molecule has 0 fully saturated rings. The summed E-state index contributed by atoms with van der Waals surface area (Å²) in [7, 11) is 0. The summed E-state index contributed by atoms with van der Waals surface area (Å²) in [5.41, 5.74) is 7.49. The van der Waals surface area contributed by atoms with E-state index < -0.39 is 0 Å². The summed E-state index contributed by atoms with van der Waals surface area (Å²) in [4.78, 5) is 4.27. The van der Waals surface area contributed by atoms with Gasteiger partial charge in [0.2, 0.25) is 0 Å². The van der Waals surface area contributed by atoms with E-state index in [-0.39, 0.29) is 0 Å². The molecule has 18 heavy (non-hydrogen) atoms. The molecule has 0 aliphatic rings. The first kappa shape index (κ1) is 12.9. The van der Waals surface area contributed by atoms with E-state index in [9.17, 15) is 0 Å². The van der Waals surface area contributed by atoms with Crippen molar-refractivity contribution in [2.45, 2.75) is 19.9 Å². The first-order valence-corrected chi connectivity index (χ1v) is 6.59. The van der Waals surface area contributed by atoms with Crippen LogP contribution in [0.4, 0.5) is 11.5 Å². The van der Waals surface area contributed by atoms with Gasteiger partial charge in [0.05, 0.1) is 16.4 Å². The first-order valence-electron chi connectivity index (χ1n) is 5.80. The lowest BCUT2D eigenvalue weighted by molar-refractivity contribution is 0.591. The average molecular weight is 310 g/mol. The number of hydrogen-bond donors (Lipinski definition) is 2. The number of anilines is 2. The second kappa shape index (κ2) is 5.86. The van der Waals surface area contributed by atoms with E-state index in [0.717, 1.165) is 35.4 Å². The Balaban J connectivity index is 1.85. The molecule has 0 aliphatic heterocycles. The van der Waals surface area contributed by atoms with Crippen LogP contribution in [0.5, 0.6) is 0 Å². The number of pyridine rings is 1. The number of hydrogen-bond acceptors (Lipinski definition) is 4. The zero-order valence-electron chi connectivity index (χ0n) is 10.2. The fourth-order valence-electron chi connectivity index (χ4n) is 1.60. The molecule has 96 valence electrons. The molecule has 0 aromatic carbocycles. The van der Waals surface area contributed by atoms with Gasteiger partial charge in [0.1, 0.15) is 5.82 Å². The second-order valence-corrected chi connectivity index (χ2v) is 4.84. The topological polar surface area (TPSA) is 68.8 Å². The maximum absolute atomic E-state index is 5.78. The predicted molar refractivity (Wildman–Crippen MR) is 76.4 cm³/mol. The number of nitrogens with two attached hydrogens (primary N) is 1. The summed E-state index contributed by atoms with van der Waals surface area (Å²) in [6, 6.07) is 1.93. The molecule has 0 saturated carbocycles. The van der Waals surface area contributed by atoms with E-state index in [2.05, 4.69) is 31.3 Å². The zero-order valence-corrected chi connectivity index (χ0v) is 11.8. The fraction of sp³-hybridized carbons (Fsp3) is 0.333. The fourth-order valence-corrected chi connectivity index (χ4v) is 2.07. The van der Waals surface area contributed by atoms with Gasteiger partial charge in [0.25, 0.3) is 0 Å². The smallest absolute Gasteiger partial charge is 0.140 e. The SMILES string of the molecule is Cc1c(N)cnc(NCCCn2cccn2)c1Br. The van der Waals surface area contributed by atoms with Gasteiger partial charge in [-0.05, 0) is 40.9 Å². The van der Waals surface area contributed by atoms with Crippen molar-refractivity contribution in [1.29, 1.82) is 0 Å². The summed E-state index contributed by atoms with van der Waals surface area (Å²) in [6.07, 6.45) is 6.41. The molecule has 0 unspecified atom stereocenters. The van der Waals surface area contributed by atoms with Crippen LogP contribution in [0.3, 0.4) is 0 Å². The number of halogens is 1. The number of aryl methyl sites for hydroxylation is 1. The maximum Gasteiger partial charge on any atom is 0.140 e. The van der Waals surface area contributed by atoms with Gasteiger partial charge in [-0.1, -0.05) is 0 Å². The summed E-state index contributed by atoms with van der Waals surface area (Å²) >= 11 is 3.50. The number of aromatic nitrogens is 3. The third-order valence-electron chi connectivity index (χ3n) is 2.72. The van der Waals surface area contributed by atoms with Crippen molar-refractivity contribution in [3.63, 3.8) is 0 Å². The Morgan fingerprint density at radius 2 is 2.33 bits per heavy atom. The van der Waals surface area contributed by atoms with Crippen LogP contribution >= 0.6 is 15.9 Å². The lowest BCUT2D eigenvalue weighted by Gasteiger charge is -2.10. The third kappa shape index (κ3) is 3.01. The van der Waals surface area contributed by atoms with E-state index in [0.29, 0.717) is 5.69 Å². The van der Waals surface area contributed by atoms with Crippen molar-refractivity contribution in [3.8, 4) is 0 Å². The van der Waals surface area contributed by atoms with E-state index in [1.165, 1.54) is 0 Å². The Bertz CT molecular complexity index is 509. The minimum absolute atomic E-state index is 0.698. The van der Waals surface area contributed by atoms with Crippen molar-refractivity contribution in [2.75, 3.05) is 17.6 Å². The molecule has 2 aromatic rings. The van der Waals surface area contributed by atoms with Gasteiger partial charge in [0, 0.05) is 25.5 Å². The molecule has 0 atom stereocenters.